The molecule has 0 atom stereocenters. The monoisotopic (exact) mass is 278 g/mol. The van der Waals surface area contributed by atoms with Gasteiger partial charge in [0.25, 0.3) is 0 Å². The first-order valence-electron chi connectivity index (χ1n) is 6.57. The number of benzene rings is 2. The Morgan fingerprint density at radius 2 is 1.14 bits per heavy atom. The molecule has 0 radical (unpaired) electrons. The van der Waals surface area contributed by atoms with Crippen molar-refractivity contribution in [2.75, 3.05) is 0 Å². The molecule has 0 fully saturated rings. The summed E-state index contributed by atoms with van der Waals surface area (Å²) < 4.78 is 0. The lowest BCUT2D eigenvalue weighted by molar-refractivity contribution is 0.477. The Morgan fingerprint density at radius 1 is 0.714 bits per heavy atom. The molecule has 21 heavy (non-hydrogen) atoms. The first kappa shape index (κ1) is 13.1. The van der Waals surface area contributed by atoms with Crippen LogP contribution in [0.4, 0.5) is 0 Å². The lowest BCUT2D eigenvalue weighted by Gasteiger charge is -2.09. The topological polar surface area (TPSA) is 66.2 Å². The van der Waals surface area contributed by atoms with Crippen molar-refractivity contribution in [2.24, 2.45) is 0 Å². The summed E-state index contributed by atoms with van der Waals surface area (Å²) in [5, 5.41) is 19.9. The van der Waals surface area contributed by atoms with Crippen molar-refractivity contribution in [3.63, 3.8) is 0 Å². The number of phenols is 2. The standard InChI is InChI=1S/C17H14N2O2/c1-11-18-14(12-6-2-4-8-16(12)20)10-15(19-11)13-7-3-5-9-17(13)21/h2-10,20-21H,1H3. The van der Waals surface area contributed by atoms with Crippen molar-refractivity contribution in [2.45, 2.75) is 6.92 Å². The second-order valence-electron chi connectivity index (χ2n) is 4.72. The molecule has 3 rings (SSSR count). The smallest absolute Gasteiger partial charge is 0.126 e. The maximum atomic E-state index is 9.96. The van der Waals surface area contributed by atoms with E-state index in [2.05, 4.69) is 9.97 Å². The third-order valence-electron chi connectivity index (χ3n) is 3.20. The summed E-state index contributed by atoms with van der Waals surface area (Å²) >= 11 is 0. The minimum absolute atomic E-state index is 0.166. The van der Waals surface area contributed by atoms with Crippen LogP contribution in [0, 0.1) is 6.92 Å². The molecular formula is C17H14N2O2. The predicted octanol–water partition coefficient (Wildman–Crippen LogP) is 3.53. The molecule has 1 aromatic heterocycles. The van der Waals surface area contributed by atoms with Crippen molar-refractivity contribution < 1.29 is 10.2 Å². The van der Waals surface area contributed by atoms with Crippen LogP contribution in [-0.2, 0) is 0 Å². The fourth-order valence-electron chi connectivity index (χ4n) is 2.22. The SMILES string of the molecule is Cc1nc(-c2ccccc2O)cc(-c2ccccc2O)n1. The lowest BCUT2D eigenvalue weighted by Crippen LogP contribution is -1.95. The highest BCUT2D eigenvalue weighted by molar-refractivity contribution is 5.74. The molecule has 3 aromatic rings. The first-order valence-corrected chi connectivity index (χ1v) is 6.57. The second-order valence-corrected chi connectivity index (χ2v) is 4.72. The van der Waals surface area contributed by atoms with Gasteiger partial charge in [-0.3, -0.25) is 0 Å². The number of phenolic OH excluding ortho intramolecular Hbond substituents is 2. The van der Waals surface area contributed by atoms with E-state index in [0.29, 0.717) is 28.3 Å². The summed E-state index contributed by atoms with van der Waals surface area (Å²) in [6.07, 6.45) is 0. The zero-order valence-electron chi connectivity index (χ0n) is 11.5. The van der Waals surface area contributed by atoms with Crippen molar-refractivity contribution in [3.8, 4) is 34.0 Å². The fourth-order valence-corrected chi connectivity index (χ4v) is 2.22. The van der Waals surface area contributed by atoms with Gasteiger partial charge in [0, 0.05) is 11.1 Å². The highest BCUT2D eigenvalue weighted by Crippen LogP contribution is 2.32. The van der Waals surface area contributed by atoms with E-state index in [1.807, 2.05) is 12.1 Å². The fraction of sp³-hybridized carbons (Fsp3) is 0.0588. The van der Waals surface area contributed by atoms with Crippen molar-refractivity contribution in [1.82, 2.24) is 9.97 Å². The van der Waals surface area contributed by atoms with Crippen LogP contribution in [-0.4, -0.2) is 20.2 Å². The van der Waals surface area contributed by atoms with E-state index in [9.17, 15) is 10.2 Å². The average molecular weight is 278 g/mol. The zero-order valence-corrected chi connectivity index (χ0v) is 11.5. The van der Waals surface area contributed by atoms with Gasteiger partial charge in [0.05, 0.1) is 11.4 Å². The summed E-state index contributed by atoms with van der Waals surface area (Å²) in [4.78, 5) is 8.73. The average Bonchev–Trinajstić information content (AvgIpc) is 2.47. The van der Waals surface area contributed by atoms with Crippen LogP contribution in [0.1, 0.15) is 5.82 Å². The van der Waals surface area contributed by atoms with Crippen LogP contribution < -0.4 is 0 Å². The maximum absolute atomic E-state index is 9.96. The van der Waals surface area contributed by atoms with Crippen molar-refractivity contribution in [1.29, 1.82) is 0 Å². The summed E-state index contributed by atoms with van der Waals surface area (Å²) in [5.74, 6) is 0.909. The molecule has 0 unspecified atom stereocenters. The number of aromatic hydroxyl groups is 2. The van der Waals surface area contributed by atoms with E-state index in [1.54, 1.807) is 49.4 Å². The molecule has 0 aliphatic rings. The molecule has 2 N–H and O–H groups in total. The van der Waals surface area contributed by atoms with Crippen LogP contribution in [0.2, 0.25) is 0 Å². The Balaban J connectivity index is 2.18. The number of aromatic nitrogens is 2. The molecule has 4 nitrogen and oxygen atoms in total. The second kappa shape index (κ2) is 5.25. The molecule has 0 saturated carbocycles. The van der Waals surface area contributed by atoms with Gasteiger partial charge in [-0.1, -0.05) is 24.3 Å². The lowest BCUT2D eigenvalue weighted by atomic mass is 10.1. The molecule has 0 saturated heterocycles. The van der Waals surface area contributed by atoms with E-state index in [1.165, 1.54) is 0 Å². The van der Waals surface area contributed by atoms with Gasteiger partial charge in [0.1, 0.15) is 17.3 Å². The number of rotatable bonds is 2. The number of hydrogen-bond acceptors (Lipinski definition) is 4. The molecule has 0 spiro atoms. The minimum Gasteiger partial charge on any atom is -0.507 e. The Morgan fingerprint density at radius 3 is 1.57 bits per heavy atom. The normalized spacial score (nSPS) is 10.5. The van der Waals surface area contributed by atoms with Crippen LogP contribution in [0.5, 0.6) is 11.5 Å². The molecule has 2 aromatic carbocycles. The van der Waals surface area contributed by atoms with Crippen LogP contribution >= 0.6 is 0 Å². The van der Waals surface area contributed by atoms with Gasteiger partial charge in [-0.05, 0) is 37.3 Å². The van der Waals surface area contributed by atoms with Crippen molar-refractivity contribution in [3.05, 3.63) is 60.4 Å². The van der Waals surface area contributed by atoms with Crippen LogP contribution in [0.15, 0.2) is 54.6 Å². The van der Waals surface area contributed by atoms with Gasteiger partial charge < -0.3 is 10.2 Å². The van der Waals surface area contributed by atoms with Gasteiger partial charge in [-0.25, -0.2) is 9.97 Å². The number of aryl methyl sites for hydroxylation is 1. The van der Waals surface area contributed by atoms with Gasteiger partial charge in [-0.2, -0.15) is 0 Å². The van der Waals surface area contributed by atoms with E-state index < -0.39 is 0 Å². The molecule has 0 aliphatic carbocycles. The minimum atomic E-state index is 0.166. The largest absolute Gasteiger partial charge is 0.507 e. The van der Waals surface area contributed by atoms with E-state index in [4.69, 9.17) is 0 Å². The van der Waals surface area contributed by atoms with Crippen LogP contribution in [0.3, 0.4) is 0 Å². The van der Waals surface area contributed by atoms with E-state index in [-0.39, 0.29) is 11.5 Å². The van der Waals surface area contributed by atoms with Crippen molar-refractivity contribution >= 4 is 0 Å². The third-order valence-corrected chi connectivity index (χ3v) is 3.20. The molecular weight excluding hydrogens is 264 g/mol. The highest BCUT2D eigenvalue weighted by atomic mass is 16.3. The predicted molar refractivity (Wildman–Crippen MR) is 81.0 cm³/mol. The summed E-state index contributed by atoms with van der Waals surface area (Å²) in [7, 11) is 0. The highest BCUT2D eigenvalue weighted by Gasteiger charge is 2.11. The Labute approximate surface area is 122 Å². The number of hydrogen-bond donors (Lipinski definition) is 2. The number of nitrogens with zero attached hydrogens (tertiary/aromatic N) is 2. The van der Waals surface area contributed by atoms with E-state index >= 15 is 0 Å². The molecule has 104 valence electrons. The Kier molecular flexibility index (Phi) is 3.28. The molecule has 0 bridgehead atoms. The summed E-state index contributed by atoms with van der Waals surface area (Å²) in [6, 6.07) is 15.8. The molecule has 0 aliphatic heterocycles. The molecule has 1 heterocycles. The first-order chi connectivity index (χ1) is 10.1. The van der Waals surface area contributed by atoms with Gasteiger partial charge in [0.2, 0.25) is 0 Å². The zero-order chi connectivity index (χ0) is 14.8. The molecule has 0 amide bonds. The van der Waals surface area contributed by atoms with Gasteiger partial charge >= 0.3 is 0 Å². The molecule has 4 heteroatoms. The Bertz CT molecular complexity index is 737. The van der Waals surface area contributed by atoms with E-state index in [0.717, 1.165) is 0 Å². The van der Waals surface area contributed by atoms with Crippen LogP contribution in [0.25, 0.3) is 22.5 Å². The maximum Gasteiger partial charge on any atom is 0.126 e. The Hall–Kier alpha value is -2.88. The third kappa shape index (κ3) is 2.56. The van der Waals surface area contributed by atoms with Gasteiger partial charge in [0.15, 0.2) is 0 Å². The summed E-state index contributed by atoms with van der Waals surface area (Å²) in [6.45, 7) is 1.78. The van der Waals surface area contributed by atoms with Gasteiger partial charge in [-0.15, -0.1) is 0 Å². The number of para-hydroxylation sites is 2. The summed E-state index contributed by atoms with van der Waals surface area (Å²) in [5.41, 5.74) is 2.53. The quantitative estimate of drug-likeness (QED) is 0.752.